The predicted molar refractivity (Wildman–Crippen MR) is 101 cm³/mol. The summed E-state index contributed by atoms with van der Waals surface area (Å²) in [5.74, 6) is 0.615. The molecule has 1 aliphatic rings. The molecule has 0 aliphatic carbocycles. The second-order valence-electron chi connectivity index (χ2n) is 6.81. The Balaban J connectivity index is 1.42. The molecule has 1 fully saturated rings. The number of H-pyrrole nitrogens is 1. The number of carbonyl (C=O) groups excluding carboxylic acids is 1. The van der Waals surface area contributed by atoms with E-state index in [-0.39, 0.29) is 11.9 Å². The highest BCUT2D eigenvalue weighted by molar-refractivity contribution is 6.03. The van der Waals surface area contributed by atoms with Crippen LogP contribution in [0.2, 0.25) is 0 Å². The topological polar surface area (TPSA) is 66.0 Å². The van der Waals surface area contributed by atoms with E-state index in [1.165, 1.54) is 5.56 Å². The predicted octanol–water partition coefficient (Wildman–Crippen LogP) is 3.22. The number of hydrogen-bond donors (Lipinski definition) is 2. The van der Waals surface area contributed by atoms with E-state index in [4.69, 9.17) is 0 Å². The van der Waals surface area contributed by atoms with Crippen LogP contribution in [-0.4, -0.2) is 38.7 Å². The number of aryl methyl sites for hydroxylation is 1. The van der Waals surface area contributed by atoms with E-state index in [0.29, 0.717) is 5.69 Å². The fraction of sp³-hybridized carbons (Fsp3) is 0.300. The Morgan fingerprint density at radius 3 is 2.88 bits per heavy atom. The maximum absolute atomic E-state index is 12.5. The second-order valence-corrected chi connectivity index (χ2v) is 6.81. The van der Waals surface area contributed by atoms with Crippen molar-refractivity contribution in [2.45, 2.75) is 25.9 Å². The number of anilines is 1. The lowest BCUT2D eigenvalue weighted by Crippen LogP contribution is -2.23. The highest BCUT2D eigenvalue weighted by Gasteiger charge is 2.26. The molecule has 3 aromatic rings. The van der Waals surface area contributed by atoms with Crippen LogP contribution in [0.15, 0.2) is 54.9 Å². The summed E-state index contributed by atoms with van der Waals surface area (Å²) in [4.78, 5) is 17.9. The molecular weight excluding hydrogens is 326 g/mol. The summed E-state index contributed by atoms with van der Waals surface area (Å²) < 4.78 is 1.95. The van der Waals surface area contributed by atoms with E-state index in [1.54, 1.807) is 12.4 Å². The van der Waals surface area contributed by atoms with E-state index < -0.39 is 0 Å². The third kappa shape index (κ3) is 3.41. The maximum Gasteiger partial charge on any atom is 0.273 e. The first kappa shape index (κ1) is 16.6. The summed E-state index contributed by atoms with van der Waals surface area (Å²) in [5.41, 5.74) is 2.85. The molecule has 0 spiro atoms. The first-order valence-corrected chi connectivity index (χ1v) is 8.96. The summed E-state index contributed by atoms with van der Waals surface area (Å²) in [7, 11) is 0. The van der Waals surface area contributed by atoms with Gasteiger partial charge in [0.05, 0.1) is 12.2 Å². The minimum absolute atomic E-state index is 0.131. The SMILES string of the molecule is Cc1cc[nH]c1C(=O)Nc1ccnn1[C@H]1CCN(Cc2ccccc2)C1. The number of aromatic nitrogens is 3. The quantitative estimate of drug-likeness (QED) is 0.743. The minimum Gasteiger partial charge on any atom is -0.357 e. The standard InChI is InChI=1S/C20H23N5O/c1-15-7-10-21-19(15)20(26)23-18-8-11-22-25(18)17-9-12-24(14-17)13-16-5-3-2-4-6-16/h2-8,10-11,17,21H,9,12-14H2,1H3,(H,23,26)/t17-/m0/s1. The van der Waals surface area contributed by atoms with Gasteiger partial charge in [-0.2, -0.15) is 5.10 Å². The van der Waals surface area contributed by atoms with Crippen molar-refractivity contribution in [2.24, 2.45) is 0 Å². The van der Waals surface area contributed by atoms with Crippen molar-refractivity contribution < 1.29 is 4.79 Å². The van der Waals surface area contributed by atoms with Crippen molar-refractivity contribution in [3.8, 4) is 0 Å². The van der Waals surface area contributed by atoms with Gasteiger partial charge in [-0.05, 0) is 30.5 Å². The van der Waals surface area contributed by atoms with E-state index in [1.807, 2.05) is 29.8 Å². The third-order valence-electron chi connectivity index (χ3n) is 4.94. The fourth-order valence-corrected chi connectivity index (χ4v) is 3.57. The Hall–Kier alpha value is -2.86. The van der Waals surface area contributed by atoms with Crippen LogP contribution >= 0.6 is 0 Å². The first-order valence-electron chi connectivity index (χ1n) is 8.96. The molecule has 2 N–H and O–H groups in total. The summed E-state index contributed by atoms with van der Waals surface area (Å²) in [5, 5.41) is 7.45. The summed E-state index contributed by atoms with van der Waals surface area (Å²) in [6.07, 6.45) is 4.55. The van der Waals surface area contributed by atoms with Crippen LogP contribution in [0.5, 0.6) is 0 Å². The normalized spacial score (nSPS) is 17.5. The van der Waals surface area contributed by atoms with Gasteiger partial charge in [0.25, 0.3) is 5.91 Å². The number of likely N-dealkylation sites (tertiary alicyclic amines) is 1. The number of benzene rings is 1. The molecule has 134 valence electrons. The van der Waals surface area contributed by atoms with Gasteiger partial charge < -0.3 is 10.3 Å². The summed E-state index contributed by atoms with van der Waals surface area (Å²) in [6.45, 7) is 4.83. The van der Waals surface area contributed by atoms with Crippen LogP contribution in [-0.2, 0) is 6.54 Å². The van der Waals surface area contributed by atoms with Crippen LogP contribution in [0, 0.1) is 6.92 Å². The van der Waals surface area contributed by atoms with Crippen LogP contribution in [0.3, 0.4) is 0 Å². The van der Waals surface area contributed by atoms with E-state index in [9.17, 15) is 4.79 Å². The Bertz CT molecular complexity index is 883. The first-order chi connectivity index (χ1) is 12.7. The van der Waals surface area contributed by atoms with E-state index >= 15 is 0 Å². The molecule has 26 heavy (non-hydrogen) atoms. The molecule has 2 aromatic heterocycles. The van der Waals surface area contributed by atoms with Gasteiger partial charge in [0.2, 0.25) is 0 Å². The number of aromatic amines is 1. The molecule has 0 saturated carbocycles. The van der Waals surface area contributed by atoms with E-state index in [0.717, 1.165) is 37.4 Å². The number of rotatable bonds is 5. The molecule has 0 bridgehead atoms. The molecule has 0 unspecified atom stereocenters. The maximum atomic E-state index is 12.5. The smallest absolute Gasteiger partial charge is 0.273 e. The van der Waals surface area contributed by atoms with Gasteiger partial charge in [-0.1, -0.05) is 30.3 Å². The number of carbonyl (C=O) groups is 1. The number of amides is 1. The molecule has 0 radical (unpaired) electrons. The molecular formula is C20H23N5O. The van der Waals surface area contributed by atoms with Gasteiger partial charge in [0.15, 0.2) is 0 Å². The third-order valence-corrected chi connectivity index (χ3v) is 4.94. The molecule has 1 aromatic carbocycles. The van der Waals surface area contributed by atoms with Crippen molar-refractivity contribution in [3.63, 3.8) is 0 Å². The zero-order valence-electron chi connectivity index (χ0n) is 14.9. The molecule has 4 rings (SSSR count). The van der Waals surface area contributed by atoms with Crippen LogP contribution in [0.1, 0.15) is 34.1 Å². The summed E-state index contributed by atoms with van der Waals surface area (Å²) in [6, 6.07) is 14.5. The van der Waals surface area contributed by atoms with Crippen LogP contribution < -0.4 is 5.32 Å². The van der Waals surface area contributed by atoms with Crippen molar-refractivity contribution in [2.75, 3.05) is 18.4 Å². The number of hydrogen-bond acceptors (Lipinski definition) is 3. The van der Waals surface area contributed by atoms with Crippen molar-refractivity contribution in [1.29, 1.82) is 0 Å². The highest BCUT2D eigenvalue weighted by atomic mass is 16.2. The van der Waals surface area contributed by atoms with Crippen LogP contribution in [0.4, 0.5) is 5.82 Å². The van der Waals surface area contributed by atoms with E-state index in [2.05, 4.69) is 44.6 Å². The molecule has 6 nitrogen and oxygen atoms in total. The van der Waals surface area contributed by atoms with Crippen LogP contribution in [0.25, 0.3) is 0 Å². The monoisotopic (exact) mass is 349 g/mol. The average Bonchev–Trinajstić information content (AvgIpc) is 3.37. The molecule has 1 aliphatic heterocycles. The Morgan fingerprint density at radius 2 is 2.12 bits per heavy atom. The zero-order chi connectivity index (χ0) is 17.9. The summed E-state index contributed by atoms with van der Waals surface area (Å²) >= 11 is 0. The van der Waals surface area contributed by atoms with Gasteiger partial charge in [0, 0.05) is 31.9 Å². The molecule has 1 saturated heterocycles. The minimum atomic E-state index is -0.131. The largest absolute Gasteiger partial charge is 0.357 e. The van der Waals surface area contributed by atoms with Crippen molar-refractivity contribution in [1.82, 2.24) is 19.7 Å². The number of nitrogens with one attached hydrogen (secondary N) is 2. The van der Waals surface area contributed by atoms with Gasteiger partial charge in [-0.25, -0.2) is 4.68 Å². The Morgan fingerprint density at radius 1 is 1.27 bits per heavy atom. The lowest BCUT2D eigenvalue weighted by molar-refractivity contribution is 0.102. The van der Waals surface area contributed by atoms with Gasteiger partial charge in [0.1, 0.15) is 11.5 Å². The Labute approximate surface area is 152 Å². The second kappa shape index (κ2) is 7.17. The lowest BCUT2D eigenvalue weighted by Gasteiger charge is -2.18. The lowest BCUT2D eigenvalue weighted by atomic mass is 10.2. The van der Waals surface area contributed by atoms with Gasteiger partial charge in [-0.15, -0.1) is 0 Å². The van der Waals surface area contributed by atoms with Gasteiger partial charge >= 0.3 is 0 Å². The number of nitrogens with zero attached hydrogens (tertiary/aromatic N) is 3. The molecule has 1 amide bonds. The Kier molecular flexibility index (Phi) is 4.58. The molecule has 3 heterocycles. The highest BCUT2D eigenvalue weighted by Crippen LogP contribution is 2.26. The average molecular weight is 349 g/mol. The fourth-order valence-electron chi connectivity index (χ4n) is 3.57. The molecule has 6 heteroatoms. The molecule has 1 atom stereocenters. The van der Waals surface area contributed by atoms with Crippen molar-refractivity contribution >= 4 is 11.7 Å². The van der Waals surface area contributed by atoms with Crippen molar-refractivity contribution in [3.05, 3.63) is 71.7 Å². The zero-order valence-corrected chi connectivity index (χ0v) is 14.9. The van der Waals surface area contributed by atoms with Gasteiger partial charge in [-0.3, -0.25) is 9.69 Å².